The normalized spacial score (nSPS) is 14.5. The number of benzene rings is 3. The van der Waals surface area contributed by atoms with Crippen LogP contribution in [-0.4, -0.2) is 47.7 Å². The van der Waals surface area contributed by atoms with Crippen LogP contribution >= 0.6 is 27.5 Å². The smallest absolute Gasteiger partial charge is 0.254 e. The maximum Gasteiger partial charge on any atom is 0.254 e. The van der Waals surface area contributed by atoms with Crippen LogP contribution in [0.4, 0.5) is 0 Å². The molecule has 4 rings (SSSR count). The Balaban J connectivity index is 1.45. The van der Waals surface area contributed by atoms with Crippen LogP contribution < -0.4 is 0 Å². The van der Waals surface area contributed by atoms with Gasteiger partial charge in [-0.1, -0.05) is 63.9 Å². The summed E-state index contributed by atoms with van der Waals surface area (Å²) in [5.74, 6) is -0.272. The Morgan fingerprint density at radius 3 is 2.10 bits per heavy atom. The first-order valence-corrected chi connectivity index (χ1v) is 11.3. The third-order valence-electron chi connectivity index (χ3n) is 5.52. The average Bonchev–Trinajstić information content (AvgIpc) is 2.81. The highest BCUT2D eigenvalue weighted by Gasteiger charge is 2.26. The first-order valence-electron chi connectivity index (χ1n) is 10.2. The van der Waals surface area contributed by atoms with E-state index in [0.717, 1.165) is 24.1 Å². The lowest BCUT2D eigenvalue weighted by Gasteiger charge is -2.35. The summed E-state index contributed by atoms with van der Waals surface area (Å²) in [5.41, 5.74) is 2.62. The van der Waals surface area contributed by atoms with Gasteiger partial charge < -0.3 is 4.90 Å². The molecular weight excluding hydrogens is 476 g/mol. The van der Waals surface area contributed by atoms with E-state index in [1.54, 1.807) is 48.5 Å². The predicted octanol–water partition coefficient (Wildman–Crippen LogP) is 5.29. The lowest BCUT2D eigenvalue weighted by Crippen LogP contribution is -2.48. The molecule has 1 aliphatic rings. The van der Waals surface area contributed by atoms with E-state index in [0.29, 0.717) is 34.8 Å². The van der Waals surface area contributed by atoms with Crippen molar-refractivity contribution in [3.63, 3.8) is 0 Å². The molecule has 0 aliphatic carbocycles. The number of hydrogen-bond acceptors (Lipinski definition) is 3. The minimum absolute atomic E-state index is 0.0987. The van der Waals surface area contributed by atoms with Gasteiger partial charge in [-0.2, -0.15) is 0 Å². The van der Waals surface area contributed by atoms with Gasteiger partial charge in [-0.3, -0.25) is 14.5 Å². The minimum Gasteiger partial charge on any atom is -0.336 e. The molecule has 4 nitrogen and oxygen atoms in total. The molecule has 0 aromatic heterocycles. The molecule has 6 heteroatoms. The molecule has 31 heavy (non-hydrogen) atoms. The zero-order valence-electron chi connectivity index (χ0n) is 16.9. The molecule has 1 fully saturated rings. The van der Waals surface area contributed by atoms with E-state index >= 15 is 0 Å². The maximum atomic E-state index is 13.3. The van der Waals surface area contributed by atoms with Gasteiger partial charge in [0.1, 0.15) is 0 Å². The highest BCUT2D eigenvalue weighted by atomic mass is 79.9. The van der Waals surface area contributed by atoms with E-state index < -0.39 is 0 Å². The molecule has 0 radical (unpaired) electrons. The first-order chi connectivity index (χ1) is 15.0. The number of rotatable bonds is 5. The van der Waals surface area contributed by atoms with E-state index in [9.17, 15) is 9.59 Å². The monoisotopic (exact) mass is 496 g/mol. The summed E-state index contributed by atoms with van der Waals surface area (Å²) in [7, 11) is 0. The molecular formula is C25H22BrClN2O2. The second-order valence-corrected chi connectivity index (χ2v) is 8.83. The molecule has 0 unspecified atom stereocenters. The van der Waals surface area contributed by atoms with Gasteiger partial charge in [0.25, 0.3) is 5.91 Å². The van der Waals surface area contributed by atoms with Gasteiger partial charge >= 0.3 is 0 Å². The summed E-state index contributed by atoms with van der Waals surface area (Å²) in [6, 6.07) is 22.0. The summed E-state index contributed by atoms with van der Waals surface area (Å²) in [6.45, 7) is 3.69. The first kappa shape index (κ1) is 21.8. The number of hydrogen-bond donors (Lipinski definition) is 0. The van der Waals surface area contributed by atoms with Crippen molar-refractivity contribution in [2.75, 3.05) is 26.2 Å². The lowest BCUT2D eigenvalue weighted by molar-refractivity contribution is 0.0625. The second-order valence-electron chi connectivity index (χ2n) is 7.54. The van der Waals surface area contributed by atoms with Crippen molar-refractivity contribution in [3.05, 3.63) is 105 Å². The van der Waals surface area contributed by atoms with Crippen LogP contribution in [0.1, 0.15) is 31.8 Å². The molecule has 3 aromatic carbocycles. The zero-order valence-corrected chi connectivity index (χ0v) is 19.3. The molecule has 1 aliphatic heterocycles. The highest BCUT2D eigenvalue weighted by molar-refractivity contribution is 9.10. The Hall–Kier alpha value is -2.47. The van der Waals surface area contributed by atoms with Crippen LogP contribution in [0.25, 0.3) is 0 Å². The van der Waals surface area contributed by atoms with Crippen LogP contribution in [0.2, 0.25) is 5.02 Å². The SMILES string of the molecule is O=C(c1ccc(Cl)cc1)c1ccccc1C(=O)N1CCN(Cc2ccccc2Br)CC1. The van der Waals surface area contributed by atoms with Crippen molar-refractivity contribution < 1.29 is 9.59 Å². The van der Waals surface area contributed by atoms with E-state index in [2.05, 4.69) is 26.9 Å². The third-order valence-corrected chi connectivity index (χ3v) is 6.55. The van der Waals surface area contributed by atoms with Crippen molar-refractivity contribution in [1.29, 1.82) is 0 Å². The molecule has 0 saturated carbocycles. The van der Waals surface area contributed by atoms with E-state index in [4.69, 9.17) is 11.6 Å². The summed E-state index contributed by atoms with van der Waals surface area (Å²) in [6.07, 6.45) is 0. The number of nitrogens with zero attached hydrogens (tertiary/aromatic N) is 2. The van der Waals surface area contributed by atoms with E-state index in [1.165, 1.54) is 5.56 Å². The Labute approximate surface area is 195 Å². The number of carbonyl (C=O) groups excluding carboxylic acids is 2. The Kier molecular flexibility index (Phi) is 6.86. The van der Waals surface area contributed by atoms with Gasteiger partial charge in [-0.25, -0.2) is 0 Å². The second kappa shape index (κ2) is 9.77. The van der Waals surface area contributed by atoms with Crippen molar-refractivity contribution in [2.45, 2.75) is 6.54 Å². The van der Waals surface area contributed by atoms with E-state index in [1.807, 2.05) is 23.1 Å². The number of piperazine rings is 1. The minimum atomic E-state index is -0.173. The van der Waals surface area contributed by atoms with Gasteiger partial charge in [-0.05, 0) is 42.0 Å². The van der Waals surface area contributed by atoms with Crippen LogP contribution in [0, 0.1) is 0 Å². The van der Waals surface area contributed by atoms with Crippen LogP contribution in [0.5, 0.6) is 0 Å². The lowest BCUT2D eigenvalue weighted by atomic mass is 9.97. The Morgan fingerprint density at radius 1 is 0.806 bits per heavy atom. The summed E-state index contributed by atoms with van der Waals surface area (Å²) < 4.78 is 1.10. The van der Waals surface area contributed by atoms with E-state index in [-0.39, 0.29) is 11.7 Å². The average molecular weight is 498 g/mol. The molecule has 0 bridgehead atoms. The summed E-state index contributed by atoms with van der Waals surface area (Å²) >= 11 is 9.54. The van der Waals surface area contributed by atoms with Crippen molar-refractivity contribution in [2.24, 2.45) is 0 Å². The fourth-order valence-electron chi connectivity index (χ4n) is 3.77. The van der Waals surface area contributed by atoms with Crippen molar-refractivity contribution in [3.8, 4) is 0 Å². The molecule has 0 spiro atoms. The van der Waals surface area contributed by atoms with Gasteiger partial charge in [0.05, 0.1) is 5.56 Å². The topological polar surface area (TPSA) is 40.6 Å². The fourth-order valence-corrected chi connectivity index (χ4v) is 4.31. The maximum absolute atomic E-state index is 13.3. The predicted molar refractivity (Wildman–Crippen MR) is 127 cm³/mol. The number of amides is 1. The third kappa shape index (κ3) is 5.06. The summed E-state index contributed by atoms with van der Waals surface area (Å²) in [4.78, 5) is 30.5. The number of ketones is 1. The molecule has 1 amide bonds. The molecule has 3 aromatic rings. The van der Waals surface area contributed by atoms with Crippen LogP contribution in [0.3, 0.4) is 0 Å². The van der Waals surface area contributed by atoms with Crippen molar-refractivity contribution in [1.82, 2.24) is 9.80 Å². The van der Waals surface area contributed by atoms with Gasteiger partial charge in [-0.15, -0.1) is 0 Å². The Bertz CT molecular complexity index is 1090. The Morgan fingerprint density at radius 2 is 1.42 bits per heavy atom. The standard InChI is InChI=1S/C25H22BrClN2O2/c26-23-8-4-1-5-19(23)17-28-13-15-29(16-14-28)25(31)22-7-3-2-6-21(22)24(30)18-9-11-20(27)12-10-18/h1-12H,13-17H2. The van der Waals surface area contributed by atoms with Crippen LogP contribution in [0.15, 0.2) is 77.3 Å². The highest BCUT2D eigenvalue weighted by Crippen LogP contribution is 2.21. The van der Waals surface area contributed by atoms with Crippen molar-refractivity contribution >= 4 is 39.2 Å². The largest absolute Gasteiger partial charge is 0.336 e. The zero-order chi connectivity index (χ0) is 21.8. The molecule has 1 saturated heterocycles. The van der Waals surface area contributed by atoms with Crippen LogP contribution in [-0.2, 0) is 6.54 Å². The molecule has 0 N–H and O–H groups in total. The van der Waals surface area contributed by atoms with Gasteiger partial charge in [0.15, 0.2) is 5.78 Å². The molecule has 0 atom stereocenters. The molecule has 158 valence electrons. The quantitative estimate of drug-likeness (QED) is 0.450. The fraction of sp³-hybridized carbons (Fsp3) is 0.200. The summed E-state index contributed by atoms with van der Waals surface area (Å²) in [5, 5.41) is 0.571. The van der Waals surface area contributed by atoms with Gasteiger partial charge in [0, 0.05) is 53.3 Å². The number of carbonyl (C=O) groups is 2. The van der Waals surface area contributed by atoms with Gasteiger partial charge in [0.2, 0.25) is 0 Å². The number of halogens is 2. The molecule has 1 heterocycles.